The van der Waals surface area contributed by atoms with Crippen LogP contribution in [0.1, 0.15) is 44.9 Å². The quantitative estimate of drug-likeness (QED) is 0.752. The van der Waals surface area contributed by atoms with Crippen molar-refractivity contribution in [2.24, 2.45) is 17.6 Å². The highest BCUT2D eigenvalue weighted by Crippen LogP contribution is 2.38. The summed E-state index contributed by atoms with van der Waals surface area (Å²) in [6, 6.07) is 1.43. The van der Waals surface area contributed by atoms with Gasteiger partial charge in [-0.1, -0.05) is 12.8 Å². The number of likely N-dealkylation sites (tertiary alicyclic amines) is 1. The summed E-state index contributed by atoms with van der Waals surface area (Å²) in [7, 11) is 0. The monoisotopic (exact) mass is 208 g/mol. The molecule has 0 aromatic rings. The van der Waals surface area contributed by atoms with E-state index in [9.17, 15) is 0 Å². The molecule has 86 valence electrons. The van der Waals surface area contributed by atoms with Gasteiger partial charge in [-0.15, -0.1) is 0 Å². The van der Waals surface area contributed by atoms with Gasteiger partial charge >= 0.3 is 0 Å². The second-order valence-electron chi connectivity index (χ2n) is 6.00. The maximum atomic E-state index is 6.23. The summed E-state index contributed by atoms with van der Waals surface area (Å²) in [5.74, 6) is 1.84. The summed E-state index contributed by atoms with van der Waals surface area (Å²) in [6.45, 7) is 2.69. The highest BCUT2D eigenvalue weighted by Gasteiger charge is 2.39. The van der Waals surface area contributed by atoms with Crippen molar-refractivity contribution >= 4 is 0 Å². The molecular weight excluding hydrogens is 184 g/mol. The van der Waals surface area contributed by atoms with Crippen LogP contribution >= 0.6 is 0 Å². The summed E-state index contributed by atoms with van der Waals surface area (Å²) in [4.78, 5) is 2.75. The number of fused-ring (bicyclic) bond motifs is 2. The molecule has 3 rings (SSSR count). The van der Waals surface area contributed by atoms with Gasteiger partial charge in [0.25, 0.3) is 0 Å². The van der Waals surface area contributed by atoms with Crippen LogP contribution in [0.15, 0.2) is 0 Å². The molecule has 4 unspecified atom stereocenters. The number of hydrogen-bond donors (Lipinski definition) is 1. The first-order chi connectivity index (χ1) is 7.33. The first kappa shape index (κ1) is 10.1. The van der Waals surface area contributed by atoms with Crippen LogP contribution in [0.2, 0.25) is 0 Å². The van der Waals surface area contributed by atoms with Crippen LogP contribution in [0.4, 0.5) is 0 Å². The highest BCUT2D eigenvalue weighted by atomic mass is 15.2. The summed E-state index contributed by atoms with van der Waals surface area (Å²) in [5.41, 5.74) is 6.23. The van der Waals surface area contributed by atoms with Crippen molar-refractivity contribution in [2.45, 2.75) is 57.0 Å². The predicted octanol–water partition coefficient (Wildman–Crippen LogP) is 1.99. The molecule has 0 spiro atoms. The van der Waals surface area contributed by atoms with E-state index >= 15 is 0 Å². The van der Waals surface area contributed by atoms with Crippen molar-refractivity contribution in [2.75, 3.05) is 13.1 Å². The standard InChI is InChI=1S/C13H24N2/c14-13-4-2-1-3-11(13)9-15-8-10-5-6-12(15)7-10/h10-13H,1-9,14H2. The lowest BCUT2D eigenvalue weighted by Crippen LogP contribution is -2.43. The Balaban J connectivity index is 1.56. The lowest BCUT2D eigenvalue weighted by molar-refractivity contribution is 0.150. The van der Waals surface area contributed by atoms with E-state index < -0.39 is 0 Å². The first-order valence-corrected chi connectivity index (χ1v) is 6.82. The van der Waals surface area contributed by atoms with E-state index in [0.29, 0.717) is 6.04 Å². The Labute approximate surface area is 93.2 Å². The van der Waals surface area contributed by atoms with Crippen LogP contribution in [0.3, 0.4) is 0 Å². The Morgan fingerprint density at radius 3 is 2.60 bits per heavy atom. The van der Waals surface area contributed by atoms with Gasteiger partial charge in [-0.25, -0.2) is 0 Å². The summed E-state index contributed by atoms with van der Waals surface area (Å²) in [5, 5.41) is 0. The second-order valence-corrected chi connectivity index (χ2v) is 6.00. The maximum absolute atomic E-state index is 6.23. The lowest BCUT2D eigenvalue weighted by Gasteiger charge is -2.35. The molecule has 4 atom stereocenters. The highest BCUT2D eigenvalue weighted by molar-refractivity contribution is 4.94. The van der Waals surface area contributed by atoms with Gasteiger partial charge in [-0.05, 0) is 43.9 Å². The third kappa shape index (κ3) is 1.94. The number of nitrogens with two attached hydrogens (primary N) is 1. The van der Waals surface area contributed by atoms with E-state index in [1.54, 1.807) is 0 Å². The van der Waals surface area contributed by atoms with Crippen molar-refractivity contribution in [1.29, 1.82) is 0 Å². The van der Waals surface area contributed by atoms with Gasteiger partial charge in [0.15, 0.2) is 0 Å². The first-order valence-electron chi connectivity index (χ1n) is 6.82. The van der Waals surface area contributed by atoms with Crippen LogP contribution in [-0.4, -0.2) is 30.1 Å². The minimum absolute atomic E-state index is 0.498. The normalized spacial score (nSPS) is 46.2. The smallest absolute Gasteiger partial charge is 0.00987 e. The molecule has 2 saturated carbocycles. The Hall–Kier alpha value is -0.0800. The minimum atomic E-state index is 0.498. The summed E-state index contributed by atoms with van der Waals surface area (Å²) in [6.07, 6.45) is 9.89. The van der Waals surface area contributed by atoms with Gasteiger partial charge < -0.3 is 5.73 Å². The van der Waals surface area contributed by atoms with Crippen LogP contribution in [0.5, 0.6) is 0 Å². The lowest BCUT2D eigenvalue weighted by atomic mass is 9.84. The number of hydrogen-bond acceptors (Lipinski definition) is 2. The Bertz CT molecular complexity index is 229. The fourth-order valence-corrected chi connectivity index (χ4v) is 4.01. The average Bonchev–Trinajstić information content (AvgIpc) is 2.83. The molecule has 0 amide bonds. The predicted molar refractivity (Wildman–Crippen MR) is 62.6 cm³/mol. The third-order valence-corrected chi connectivity index (χ3v) is 4.96. The summed E-state index contributed by atoms with van der Waals surface area (Å²) < 4.78 is 0. The molecule has 0 radical (unpaired) electrons. The molecule has 2 heteroatoms. The zero-order chi connectivity index (χ0) is 10.3. The third-order valence-electron chi connectivity index (χ3n) is 4.96. The van der Waals surface area contributed by atoms with Crippen LogP contribution in [0.25, 0.3) is 0 Å². The topological polar surface area (TPSA) is 29.3 Å². The van der Waals surface area contributed by atoms with E-state index in [-0.39, 0.29) is 0 Å². The average molecular weight is 208 g/mol. The SMILES string of the molecule is NC1CCCCC1CN1CC2CCC1C2. The van der Waals surface area contributed by atoms with Crippen molar-refractivity contribution in [3.8, 4) is 0 Å². The van der Waals surface area contributed by atoms with Gasteiger partial charge in [-0.3, -0.25) is 4.90 Å². The second kappa shape index (κ2) is 4.06. The van der Waals surface area contributed by atoms with Crippen molar-refractivity contribution in [1.82, 2.24) is 4.90 Å². The molecule has 2 bridgehead atoms. The molecule has 2 N–H and O–H groups in total. The van der Waals surface area contributed by atoms with E-state index in [2.05, 4.69) is 4.90 Å². The van der Waals surface area contributed by atoms with Gasteiger partial charge in [0.1, 0.15) is 0 Å². The Morgan fingerprint density at radius 1 is 1.07 bits per heavy atom. The van der Waals surface area contributed by atoms with Crippen LogP contribution in [0, 0.1) is 11.8 Å². The molecule has 2 aliphatic carbocycles. The zero-order valence-electron chi connectivity index (χ0n) is 9.70. The Kier molecular flexibility index (Phi) is 2.73. The largest absolute Gasteiger partial charge is 0.327 e. The fourth-order valence-electron chi connectivity index (χ4n) is 4.01. The maximum Gasteiger partial charge on any atom is 0.00987 e. The molecule has 2 nitrogen and oxygen atoms in total. The van der Waals surface area contributed by atoms with Gasteiger partial charge in [0, 0.05) is 25.2 Å². The van der Waals surface area contributed by atoms with Crippen molar-refractivity contribution in [3.05, 3.63) is 0 Å². The fraction of sp³-hybridized carbons (Fsp3) is 1.00. The molecule has 15 heavy (non-hydrogen) atoms. The minimum Gasteiger partial charge on any atom is -0.327 e. The van der Waals surface area contributed by atoms with E-state index in [1.807, 2.05) is 0 Å². The molecule has 3 fully saturated rings. The number of rotatable bonds is 2. The van der Waals surface area contributed by atoms with Gasteiger partial charge in [0.05, 0.1) is 0 Å². The molecule has 3 aliphatic rings. The van der Waals surface area contributed by atoms with Crippen molar-refractivity contribution < 1.29 is 0 Å². The Morgan fingerprint density at radius 2 is 1.93 bits per heavy atom. The molecule has 0 aromatic carbocycles. The van der Waals surface area contributed by atoms with E-state index in [0.717, 1.165) is 17.9 Å². The van der Waals surface area contributed by atoms with Crippen molar-refractivity contribution in [3.63, 3.8) is 0 Å². The molecule has 1 aliphatic heterocycles. The van der Waals surface area contributed by atoms with E-state index in [1.165, 1.54) is 58.0 Å². The number of nitrogens with zero attached hydrogens (tertiary/aromatic N) is 1. The van der Waals surface area contributed by atoms with Gasteiger partial charge in [-0.2, -0.15) is 0 Å². The van der Waals surface area contributed by atoms with Gasteiger partial charge in [0.2, 0.25) is 0 Å². The molecule has 1 saturated heterocycles. The van der Waals surface area contributed by atoms with Crippen LogP contribution in [-0.2, 0) is 0 Å². The molecular formula is C13H24N2. The molecule has 1 heterocycles. The van der Waals surface area contributed by atoms with Crippen LogP contribution < -0.4 is 5.73 Å². The van der Waals surface area contributed by atoms with E-state index in [4.69, 9.17) is 5.73 Å². The zero-order valence-corrected chi connectivity index (χ0v) is 9.70. The number of piperidine rings is 1. The summed E-state index contributed by atoms with van der Waals surface area (Å²) >= 11 is 0. The molecule has 0 aromatic heterocycles.